The molecular formula is C19H32N2. The third-order valence-electron chi connectivity index (χ3n) is 4.73. The van der Waals surface area contributed by atoms with Gasteiger partial charge in [0.25, 0.3) is 0 Å². The third kappa shape index (κ3) is 5.44. The van der Waals surface area contributed by atoms with Crippen molar-refractivity contribution < 1.29 is 0 Å². The van der Waals surface area contributed by atoms with Gasteiger partial charge >= 0.3 is 0 Å². The SMILES string of the molecule is CCCNC1CCCCCCC1N(C)Cc1ccccc1. The molecule has 0 spiro atoms. The van der Waals surface area contributed by atoms with Gasteiger partial charge in [0.2, 0.25) is 0 Å². The fraction of sp³-hybridized carbons (Fsp3) is 0.684. The molecule has 0 bridgehead atoms. The normalized spacial score (nSPS) is 23.8. The van der Waals surface area contributed by atoms with E-state index in [9.17, 15) is 0 Å². The minimum Gasteiger partial charge on any atom is -0.312 e. The van der Waals surface area contributed by atoms with Crippen LogP contribution in [0.1, 0.15) is 57.4 Å². The molecule has 21 heavy (non-hydrogen) atoms. The van der Waals surface area contributed by atoms with Crippen molar-refractivity contribution in [1.29, 1.82) is 0 Å². The van der Waals surface area contributed by atoms with E-state index in [1.54, 1.807) is 0 Å². The summed E-state index contributed by atoms with van der Waals surface area (Å²) in [5.41, 5.74) is 1.43. The molecule has 1 aliphatic rings. The molecule has 2 heteroatoms. The van der Waals surface area contributed by atoms with Gasteiger partial charge in [-0.25, -0.2) is 0 Å². The van der Waals surface area contributed by atoms with Gasteiger partial charge in [0, 0.05) is 18.6 Å². The zero-order valence-electron chi connectivity index (χ0n) is 13.9. The summed E-state index contributed by atoms with van der Waals surface area (Å²) in [6.45, 7) is 4.48. The van der Waals surface area contributed by atoms with Crippen LogP contribution in [0.15, 0.2) is 30.3 Å². The van der Waals surface area contributed by atoms with Gasteiger partial charge in [-0.15, -0.1) is 0 Å². The molecule has 1 fully saturated rings. The van der Waals surface area contributed by atoms with E-state index in [2.05, 4.69) is 54.5 Å². The monoisotopic (exact) mass is 288 g/mol. The van der Waals surface area contributed by atoms with E-state index in [1.807, 2.05) is 0 Å². The Morgan fingerprint density at radius 2 is 1.76 bits per heavy atom. The standard InChI is InChI=1S/C19H32N2/c1-3-15-20-18-13-9-4-5-10-14-19(18)21(2)16-17-11-7-6-8-12-17/h6-8,11-12,18-20H,3-5,9-10,13-16H2,1-2H3. The molecule has 2 unspecified atom stereocenters. The van der Waals surface area contributed by atoms with Gasteiger partial charge in [0.15, 0.2) is 0 Å². The quantitative estimate of drug-likeness (QED) is 0.843. The Kier molecular flexibility index (Phi) is 7.25. The van der Waals surface area contributed by atoms with Crippen molar-refractivity contribution in [3.63, 3.8) is 0 Å². The van der Waals surface area contributed by atoms with E-state index in [0.717, 1.165) is 13.1 Å². The largest absolute Gasteiger partial charge is 0.312 e. The highest BCUT2D eigenvalue weighted by atomic mass is 15.2. The zero-order chi connectivity index (χ0) is 14.9. The Bertz CT molecular complexity index is 374. The number of rotatable bonds is 6. The van der Waals surface area contributed by atoms with Crippen LogP contribution in [0.2, 0.25) is 0 Å². The van der Waals surface area contributed by atoms with Gasteiger partial charge in [0.05, 0.1) is 0 Å². The van der Waals surface area contributed by atoms with Gasteiger partial charge in [-0.3, -0.25) is 4.90 Å². The summed E-state index contributed by atoms with van der Waals surface area (Å²) < 4.78 is 0. The van der Waals surface area contributed by atoms with Crippen molar-refractivity contribution in [2.24, 2.45) is 0 Å². The predicted octanol–water partition coefficient (Wildman–Crippen LogP) is 4.21. The molecule has 0 heterocycles. The smallest absolute Gasteiger partial charge is 0.0249 e. The second-order valence-electron chi connectivity index (χ2n) is 6.52. The molecule has 2 atom stereocenters. The Hall–Kier alpha value is -0.860. The number of hydrogen-bond donors (Lipinski definition) is 1. The van der Waals surface area contributed by atoms with E-state index in [4.69, 9.17) is 0 Å². The van der Waals surface area contributed by atoms with Crippen LogP contribution >= 0.6 is 0 Å². The van der Waals surface area contributed by atoms with Crippen molar-refractivity contribution in [1.82, 2.24) is 10.2 Å². The number of nitrogens with zero attached hydrogens (tertiary/aromatic N) is 1. The molecule has 2 rings (SSSR count). The number of hydrogen-bond acceptors (Lipinski definition) is 2. The van der Waals surface area contributed by atoms with Crippen molar-refractivity contribution >= 4 is 0 Å². The molecule has 1 aromatic rings. The first-order chi connectivity index (χ1) is 10.3. The summed E-state index contributed by atoms with van der Waals surface area (Å²) >= 11 is 0. The molecular weight excluding hydrogens is 256 g/mol. The lowest BCUT2D eigenvalue weighted by molar-refractivity contribution is 0.156. The van der Waals surface area contributed by atoms with Crippen LogP contribution in [0.4, 0.5) is 0 Å². The lowest BCUT2D eigenvalue weighted by Gasteiger charge is -2.37. The summed E-state index contributed by atoms with van der Waals surface area (Å²) in [6, 6.07) is 12.2. The highest BCUT2D eigenvalue weighted by Crippen LogP contribution is 2.22. The fourth-order valence-corrected chi connectivity index (χ4v) is 3.55. The second kappa shape index (κ2) is 9.22. The summed E-state index contributed by atoms with van der Waals surface area (Å²) in [6.07, 6.45) is 9.50. The molecule has 0 aromatic heterocycles. The Labute approximate surface area is 130 Å². The predicted molar refractivity (Wildman–Crippen MR) is 91.5 cm³/mol. The van der Waals surface area contributed by atoms with Crippen molar-refractivity contribution in [2.45, 2.75) is 70.5 Å². The highest BCUT2D eigenvalue weighted by molar-refractivity contribution is 5.14. The first-order valence-corrected chi connectivity index (χ1v) is 8.79. The van der Waals surface area contributed by atoms with Gasteiger partial charge < -0.3 is 5.32 Å². The van der Waals surface area contributed by atoms with E-state index in [0.29, 0.717) is 12.1 Å². The number of benzene rings is 1. The van der Waals surface area contributed by atoms with Crippen LogP contribution in [0.5, 0.6) is 0 Å². The molecule has 2 nitrogen and oxygen atoms in total. The van der Waals surface area contributed by atoms with Crippen LogP contribution in [-0.2, 0) is 6.54 Å². The average molecular weight is 288 g/mol. The maximum absolute atomic E-state index is 3.81. The number of nitrogens with one attached hydrogen (secondary N) is 1. The first-order valence-electron chi connectivity index (χ1n) is 8.79. The summed E-state index contributed by atoms with van der Waals surface area (Å²) in [4.78, 5) is 2.58. The van der Waals surface area contributed by atoms with E-state index in [-0.39, 0.29) is 0 Å². The van der Waals surface area contributed by atoms with Crippen LogP contribution in [-0.4, -0.2) is 30.6 Å². The summed E-state index contributed by atoms with van der Waals surface area (Å²) in [5, 5.41) is 3.81. The van der Waals surface area contributed by atoms with Crippen molar-refractivity contribution in [3.05, 3.63) is 35.9 Å². The molecule has 118 valence electrons. The zero-order valence-corrected chi connectivity index (χ0v) is 13.9. The minimum absolute atomic E-state index is 0.666. The van der Waals surface area contributed by atoms with Crippen molar-refractivity contribution in [2.75, 3.05) is 13.6 Å². The molecule has 0 saturated heterocycles. The average Bonchev–Trinajstić information content (AvgIpc) is 2.47. The lowest BCUT2D eigenvalue weighted by Crippen LogP contribution is -2.49. The summed E-state index contributed by atoms with van der Waals surface area (Å²) in [7, 11) is 2.31. The third-order valence-corrected chi connectivity index (χ3v) is 4.73. The Morgan fingerprint density at radius 3 is 2.48 bits per heavy atom. The second-order valence-corrected chi connectivity index (χ2v) is 6.52. The minimum atomic E-state index is 0.666. The van der Waals surface area contributed by atoms with Gasteiger partial charge in [-0.1, -0.05) is 62.9 Å². The maximum Gasteiger partial charge on any atom is 0.0249 e. The molecule has 1 N–H and O–H groups in total. The van der Waals surface area contributed by atoms with Gasteiger partial charge in [-0.2, -0.15) is 0 Å². The summed E-state index contributed by atoms with van der Waals surface area (Å²) in [5.74, 6) is 0. The van der Waals surface area contributed by atoms with Gasteiger partial charge in [0.1, 0.15) is 0 Å². The fourth-order valence-electron chi connectivity index (χ4n) is 3.55. The first kappa shape index (κ1) is 16.5. The molecule has 1 aliphatic carbocycles. The molecule has 1 aromatic carbocycles. The molecule has 0 aliphatic heterocycles. The van der Waals surface area contributed by atoms with Crippen LogP contribution in [0.3, 0.4) is 0 Å². The van der Waals surface area contributed by atoms with Crippen LogP contribution < -0.4 is 5.32 Å². The van der Waals surface area contributed by atoms with Crippen LogP contribution in [0, 0.1) is 0 Å². The topological polar surface area (TPSA) is 15.3 Å². The van der Waals surface area contributed by atoms with E-state index >= 15 is 0 Å². The molecule has 0 radical (unpaired) electrons. The lowest BCUT2D eigenvalue weighted by atomic mass is 9.91. The van der Waals surface area contributed by atoms with Crippen molar-refractivity contribution in [3.8, 4) is 0 Å². The molecule has 0 amide bonds. The maximum atomic E-state index is 3.81. The Morgan fingerprint density at radius 1 is 1.05 bits per heavy atom. The van der Waals surface area contributed by atoms with Crippen LogP contribution in [0.25, 0.3) is 0 Å². The number of likely N-dealkylation sites (N-methyl/N-ethyl adjacent to an activating group) is 1. The Balaban J connectivity index is 1.99. The van der Waals surface area contributed by atoms with E-state index < -0.39 is 0 Å². The van der Waals surface area contributed by atoms with Gasteiger partial charge in [-0.05, 0) is 38.4 Å². The highest BCUT2D eigenvalue weighted by Gasteiger charge is 2.25. The van der Waals surface area contributed by atoms with E-state index in [1.165, 1.54) is 50.5 Å². The molecule has 1 saturated carbocycles.